The average Bonchev–Trinajstić information content (AvgIpc) is 3.22. The molecule has 1 aliphatic heterocycles. The van der Waals surface area contributed by atoms with Gasteiger partial charge in [-0.15, -0.1) is 11.3 Å². The zero-order valence-corrected chi connectivity index (χ0v) is 17.1. The van der Waals surface area contributed by atoms with Gasteiger partial charge in [-0.2, -0.15) is 0 Å². The number of benzene rings is 2. The summed E-state index contributed by atoms with van der Waals surface area (Å²) in [6, 6.07) is 13.3. The third-order valence-corrected chi connectivity index (χ3v) is 6.49. The third kappa shape index (κ3) is 3.35. The number of ketones is 1. The van der Waals surface area contributed by atoms with Crippen LogP contribution in [0.15, 0.2) is 48.5 Å². The Bertz CT molecular complexity index is 1200. The number of fused-ring (bicyclic) bond motifs is 1. The third-order valence-electron chi connectivity index (χ3n) is 5.17. The molecule has 1 aromatic heterocycles. The van der Waals surface area contributed by atoms with Gasteiger partial charge in [0.25, 0.3) is 5.91 Å². The van der Waals surface area contributed by atoms with Crippen LogP contribution in [-0.2, 0) is 15.1 Å². The summed E-state index contributed by atoms with van der Waals surface area (Å²) < 4.78 is 6.20. The number of hydrogen-bond acceptors (Lipinski definition) is 6. The van der Waals surface area contributed by atoms with E-state index in [0.717, 1.165) is 15.6 Å². The van der Waals surface area contributed by atoms with Gasteiger partial charge >= 0.3 is 12.0 Å². The summed E-state index contributed by atoms with van der Waals surface area (Å²) in [4.78, 5) is 48.9. The summed E-state index contributed by atoms with van der Waals surface area (Å²) in [6.07, 6.45) is 0. The van der Waals surface area contributed by atoms with Crippen molar-refractivity contribution in [3.8, 4) is 0 Å². The monoisotopic (exact) mass is 422 g/mol. The Kier molecular flexibility index (Phi) is 4.87. The van der Waals surface area contributed by atoms with E-state index in [2.05, 4.69) is 10.6 Å². The highest BCUT2D eigenvalue weighted by molar-refractivity contribution is 7.21. The van der Waals surface area contributed by atoms with Crippen molar-refractivity contribution in [1.82, 2.24) is 10.6 Å². The number of aryl methyl sites for hydroxylation is 1. The van der Waals surface area contributed by atoms with E-state index in [0.29, 0.717) is 10.4 Å². The van der Waals surface area contributed by atoms with Crippen LogP contribution in [-0.4, -0.2) is 30.3 Å². The van der Waals surface area contributed by atoms with E-state index in [-0.39, 0.29) is 18.0 Å². The highest BCUT2D eigenvalue weighted by Gasteiger charge is 2.43. The van der Waals surface area contributed by atoms with Crippen LogP contribution in [0.4, 0.5) is 4.79 Å². The largest absolute Gasteiger partial charge is 0.454 e. The summed E-state index contributed by atoms with van der Waals surface area (Å²) >= 11 is 1.38. The van der Waals surface area contributed by atoms with Crippen molar-refractivity contribution < 1.29 is 23.9 Å². The second kappa shape index (κ2) is 7.38. The first kappa shape index (κ1) is 19.8. The van der Waals surface area contributed by atoms with Crippen LogP contribution in [0.3, 0.4) is 0 Å². The van der Waals surface area contributed by atoms with Crippen LogP contribution in [0, 0.1) is 6.92 Å². The molecule has 1 aliphatic rings. The Balaban J connectivity index is 1.44. The van der Waals surface area contributed by atoms with E-state index in [9.17, 15) is 19.2 Å². The normalized spacial score (nSPS) is 18.2. The fourth-order valence-corrected chi connectivity index (χ4v) is 4.54. The summed E-state index contributed by atoms with van der Waals surface area (Å²) in [5, 5.41) is 5.77. The number of nitrogens with one attached hydrogen (secondary N) is 2. The summed E-state index contributed by atoms with van der Waals surface area (Å²) in [5.74, 6) is -1.36. The number of carbonyl (C=O) groups excluding carboxylic acids is 4. The van der Waals surface area contributed by atoms with E-state index in [1.807, 2.05) is 31.2 Å². The predicted octanol–water partition coefficient (Wildman–Crippen LogP) is 3.30. The quantitative estimate of drug-likeness (QED) is 0.373. The fourth-order valence-electron chi connectivity index (χ4n) is 3.41. The highest BCUT2D eigenvalue weighted by Crippen LogP contribution is 2.31. The number of amides is 3. The van der Waals surface area contributed by atoms with Gasteiger partial charge in [-0.3, -0.25) is 14.9 Å². The zero-order valence-electron chi connectivity index (χ0n) is 16.3. The molecule has 3 aromatic rings. The number of urea groups is 1. The maximum Gasteiger partial charge on any atom is 0.338 e. The van der Waals surface area contributed by atoms with Gasteiger partial charge in [-0.05, 0) is 48.6 Å². The molecule has 0 radical (unpaired) electrons. The van der Waals surface area contributed by atoms with Gasteiger partial charge < -0.3 is 10.1 Å². The van der Waals surface area contributed by atoms with Crippen LogP contribution in [0.5, 0.6) is 0 Å². The summed E-state index contributed by atoms with van der Waals surface area (Å²) in [7, 11) is 0. The molecule has 0 bridgehead atoms. The number of hydrogen-bond donors (Lipinski definition) is 2. The molecule has 0 aliphatic carbocycles. The van der Waals surface area contributed by atoms with Crippen LogP contribution in [0.25, 0.3) is 10.1 Å². The lowest BCUT2D eigenvalue weighted by Crippen LogP contribution is -2.40. The smallest absolute Gasteiger partial charge is 0.338 e. The van der Waals surface area contributed by atoms with E-state index < -0.39 is 23.4 Å². The number of ether oxygens (including phenoxy) is 1. The minimum atomic E-state index is -1.20. The Morgan fingerprint density at radius 1 is 1.07 bits per heavy atom. The van der Waals surface area contributed by atoms with Crippen molar-refractivity contribution in [2.75, 3.05) is 6.61 Å². The number of imide groups is 1. The lowest BCUT2D eigenvalue weighted by Gasteiger charge is -2.21. The number of Topliss-reactive ketones (excluding diaryl/α,β-unsaturated/α-hetero) is 1. The van der Waals surface area contributed by atoms with Gasteiger partial charge in [0, 0.05) is 4.70 Å². The van der Waals surface area contributed by atoms with Gasteiger partial charge in [-0.25, -0.2) is 9.59 Å². The molecule has 2 heterocycles. The lowest BCUT2D eigenvalue weighted by atomic mass is 9.91. The van der Waals surface area contributed by atoms with Crippen molar-refractivity contribution in [1.29, 1.82) is 0 Å². The molecular weight excluding hydrogens is 404 g/mol. The van der Waals surface area contributed by atoms with Gasteiger partial charge in [-0.1, -0.05) is 30.3 Å². The summed E-state index contributed by atoms with van der Waals surface area (Å²) in [6.45, 7) is 3.10. The molecule has 7 nitrogen and oxygen atoms in total. The molecule has 0 spiro atoms. The highest BCUT2D eigenvalue weighted by atomic mass is 32.1. The Morgan fingerprint density at radius 3 is 2.40 bits per heavy atom. The number of carbonyl (C=O) groups is 4. The number of thiophene rings is 1. The van der Waals surface area contributed by atoms with Crippen LogP contribution >= 0.6 is 11.3 Å². The molecule has 0 saturated carbocycles. The average molecular weight is 422 g/mol. The van der Waals surface area contributed by atoms with Gasteiger partial charge in [0.05, 0.1) is 10.4 Å². The maximum absolute atomic E-state index is 12.6. The molecule has 4 rings (SSSR count). The molecule has 1 saturated heterocycles. The second-order valence-electron chi connectivity index (χ2n) is 7.16. The molecule has 2 aromatic carbocycles. The first-order chi connectivity index (χ1) is 14.3. The zero-order chi connectivity index (χ0) is 21.5. The maximum atomic E-state index is 12.6. The standard InChI is InChI=1S/C22H18N2O5S/c1-12-15-5-3-4-6-17(15)30-18(12)16(25)11-29-19(26)13-7-9-14(10-8-13)22(2)20(27)23-21(28)24-22/h3-10H,11H2,1-2H3,(H2,23,24,27,28)/t22-/m0/s1. The van der Waals surface area contributed by atoms with Crippen LogP contribution in [0.2, 0.25) is 0 Å². The fraction of sp³-hybridized carbons (Fsp3) is 0.182. The minimum Gasteiger partial charge on any atom is -0.454 e. The predicted molar refractivity (Wildman–Crippen MR) is 112 cm³/mol. The summed E-state index contributed by atoms with van der Waals surface area (Å²) in [5.41, 5.74) is 0.451. The molecule has 8 heteroatoms. The van der Waals surface area contributed by atoms with Gasteiger partial charge in [0.1, 0.15) is 5.54 Å². The lowest BCUT2D eigenvalue weighted by molar-refractivity contribution is -0.123. The Hall–Kier alpha value is -3.52. The van der Waals surface area contributed by atoms with E-state index in [4.69, 9.17) is 4.74 Å². The molecule has 1 fully saturated rings. The molecule has 2 N–H and O–H groups in total. The van der Waals surface area contributed by atoms with E-state index in [1.54, 1.807) is 19.1 Å². The Morgan fingerprint density at radius 2 is 1.77 bits per heavy atom. The molecule has 152 valence electrons. The minimum absolute atomic E-state index is 0.243. The number of esters is 1. The van der Waals surface area contributed by atoms with E-state index >= 15 is 0 Å². The van der Waals surface area contributed by atoms with Crippen LogP contribution in [0.1, 0.15) is 38.1 Å². The van der Waals surface area contributed by atoms with Crippen molar-refractivity contribution in [2.24, 2.45) is 0 Å². The molecule has 30 heavy (non-hydrogen) atoms. The first-order valence-electron chi connectivity index (χ1n) is 9.22. The topological polar surface area (TPSA) is 102 Å². The molecule has 3 amide bonds. The van der Waals surface area contributed by atoms with Crippen LogP contribution < -0.4 is 10.6 Å². The molecular formula is C22H18N2O5S. The second-order valence-corrected chi connectivity index (χ2v) is 8.21. The first-order valence-corrected chi connectivity index (χ1v) is 10.0. The van der Waals surface area contributed by atoms with Crippen molar-refractivity contribution in [2.45, 2.75) is 19.4 Å². The van der Waals surface area contributed by atoms with Gasteiger partial charge in [0.15, 0.2) is 6.61 Å². The molecule has 1 atom stereocenters. The van der Waals surface area contributed by atoms with Crippen molar-refractivity contribution in [3.05, 3.63) is 70.1 Å². The number of rotatable bonds is 5. The SMILES string of the molecule is Cc1c(C(=O)COC(=O)c2ccc([C@]3(C)NC(=O)NC3=O)cc2)sc2ccccc12. The van der Waals surface area contributed by atoms with Crippen molar-refractivity contribution >= 4 is 45.1 Å². The molecule has 0 unspecified atom stereocenters. The van der Waals surface area contributed by atoms with Gasteiger partial charge in [0.2, 0.25) is 5.78 Å². The van der Waals surface area contributed by atoms with Crippen molar-refractivity contribution in [3.63, 3.8) is 0 Å². The Labute approximate surface area is 176 Å². The van der Waals surface area contributed by atoms with E-state index in [1.165, 1.54) is 23.5 Å².